The Morgan fingerprint density at radius 3 is 2.58 bits per heavy atom. The maximum atomic E-state index is 9.62. The second kappa shape index (κ2) is 6.86. The fourth-order valence-electron chi connectivity index (χ4n) is 2.20. The van der Waals surface area contributed by atoms with Gasteiger partial charge in [0.25, 0.3) is 0 Å². The minimum Gasteiger partial charge on any atom is -0.468 e. The van der Waals surface area contributed by atoms with Gasteiger partial charge >= 0.3 is 0 Å². The lowest BCUT2D eigenvalue weighted by molar-refractivity contribution is 0.530. The number of aromatic nitrogens is 2. The van der Waals surface area contributed by atoms with E-state index in [9.17, 15) is 10.5 Å². The standard InChI is InChI=1S/C17H11N5OS/c18-8-12-15(14-5-1-2-6-21-14)13(9-19)17(22-16(12)20)24-10-11-4-3-7-23-11/h1-7H,10H2,(H2,20,22). The SMILES string of the molecule is N#Cc1c(N)nc(SCc2ccco2)c(C#N)c1-c1ccccn1. The van der Waals surface area contributed by atoms with Crippen LogP contribution in [0.4, 0.5) is 5.82 Å². The zero-order valence-electron chi connectivity index (χ0n) is 12.4. The summed E-state index contributed by atoms with van der Waals surface area (Å²) in [6.07, 6.45) is 3.19. The number of rotatable bonds is 4. The lowest BCUT2D eigenvalue weighted by Gasteiger charge is -2.11. The molecule has 0 saturated carbocycles. The summed E-state index contributed by atoms with van der Waals surface area (Å²) in [4.78, 5) is 8.47. The zero-order valence-corrected chi connectivity index (χ0v) is 13.2. The Morgan fingerprint density at radius 1 is 1.12 bits per heavy atom. The molecule has 0 fully saturated rings. The van der Waals surface area contributed by atoms with E-state index in [1.54, 1.807) is 36.7 Å². The second-order valence-electron chi connectivity index (χ2n) is 4.73. The van der Waals surface area contributed by atoms with Gasteiger partial charge in [0.2, 0.25) is 0 Å². The van der Waals surface area contributed by atoms with Crippen LogP contribution >= 0.6 is 11.8 Å². The highest BCUT2D eigenvalue weighted by molar-refractivity contribution is 7.98. The van der Waals surface area contributed by atoms with Crippen molar-refractivity contribution in [3.8, 4) is 23.4 Å². The lowest BCUT2D eigenvalue weighted by atomic mass is 10.0. The van der Waals surface area contributed by atoms with Crippen molar-refractivity contribution in [1.82, 2.24) is 9.97 Å². The van der Waals surface area contributed by atoms with Crippen molar-refractivity contribution in [3.05, 3.63) is 59.7 Å². The van der Waals surface area contributed by atoms with E-state index >= 15 is 0 Å². The fourth-order valence-corrected chi connectivity index (χ4v) is 3.10. The molecule has 0 saturated heterocycles. The van der Waals surface area contributed by atoms with Crippen LogP contribution < -0.4 is 5.73 Å². The molecule has 6 nitrogen and oxygen atoms in total. The molecule has 0 aliphatic carbocycles. The van der Waals surface area contributed by atoms with Crippen LogP contribution in [-0.4, -0.2) is 9.97 Å². The number of nitrogen functional groups attached to an aromatic ring is 1. The molecule has 2 N–H and O–H groups in total. The summed E-state index contributed by atoms with van der Waals surface area (Å²) in [5.41, 5.74) is 7.31. The van der Waals surface area contributed by atoms with Gasteiger partial charge in [0.1, 0.15) is 34.3 Å². The highest BCUT2D eigenvalue weighted by Gasteiger charge is 2.21. The molecule has 116 valence electrons. The van der Waals surface area contributed by atoms with Crippen LogP contribution in [0.15, 0.2) is 52.2 Å². The Labute approximate surface area is 142 Å². The molecule has 3 heterocycles. The highest BCUT2D eigenvalue weighted by Crippen LogP contribution is 2.35. The smallest absolute Gasteiger partial charge is 0.143 e. The van der Waals surface area contributed by atoms with E-state index in [2.05, 4.69) is 16.0 Å². The first-order valence-electron chi connectivity index (χ1n) is 6.95. The summed E-state index contributed by atoms with van der Waals surface area (Å²) in [6, 6.07) is 13.1. The van der Waals surface area contributed by atoms with Crippen molar-refractivity contribution in [2.75, 3.05) is 5.73 Å². The number of anilines is 1. The molecule has 0 unspecified atom stereocenters. The van der Waals surface area contributed by atoms with Gasteiger partial charge in [0.05, 0.1) is 23.3 Å². The number of hydrogen-bond acceptors (Lipinski definition) is 7. The van der Waals surface area contributed by atoms with Crippen molar-refractivity contribution in [3.63, 3.8) is 0 Å². The summed E-state index contributed by atoms with van der Waals surface area (Å²) in [5.74, 6) is 1.34. The van der Waals surface area contributed by atoms with E-state index in [4.69, 9.17) is 10.2 Å². The number of pyridine rings is 2. The van der Waals surface area contributed by atoms with Crippen LogP contribution in [0.2, 0.25) is 0 Å². The van der Waals surface area contributed by atoms with Crippen LogP contribution in [-0.2, 0) is 5.75 Å². The van der Waals surface area contributed by atoms with Crippen molar-refractivity contribution < 1.29 is 4.42 Å². The molecule has 0 radical (unpaired) electrons. The quantitative estimate of drug-likeness (QED) is 0.728. The molecule has 0 aliphatic heterocycles. The topological polar surface area (TPSA) is 113 Å². The predicted molar refractivity (Wildman–Crippen MR) is 89.6 cm³/mol. The van der Waals surface area contributed by atoms with Gasteiger partial charge < -0.3 is 10.2 Å². The molecule has 0 aromatic carbocycles. The van der Waals surface area contributed by atoms with Crippen LogP contribution in [0.1, 0.15) is 16.9 Å². The summed E-state index contributed by atoms with van der Waals surface area (Å²) < 4.78 is 5.29. The van der Waals surface area contributed by atoms with Gasteiger partial charge in [-0.2, -0.15) is 10.5 Å². The molecule has 0 spiro atoms. The average molecular weight is 333 g/mol. The van der Waals surface area contributed by atoms with Crippen LogP contribution in [0, 0.1) is 22.7 Å². The van der Waals surface area contributed by atoms with E-state index in [0.29, 0.717) is 22.0 Å². The Hall–Kier alpha value is -3.29. The highest BCUT2D eigenvalue weighted by atomic mass is 32.2. The summed E-state index contributed by atoms with van der Waals surface area (Å²) in [6.45, 7) is 0. The van der Waals surface area contributed by atoms with Crippen molar-refractivity contribution >= 4 is 17.6 Å². The normalized spacial score (nSPS) is 10.1. The third-order valence-corrected chi connectivity index (χ3v) is 4.27. The second-order valence-corrected chi connectivity index (χ2v) is 5.70. The third-order valence-electron chi connectivity index (χ3n) is 3.27. The molecule has 24 heavy (non-hydrogen) atoms. The summed E-state index contributed by atoms with van der Waals surface area (Å²) >= 11 is 1.33. The van der Waals surface area contributed by atoms with E-state index in [1.807, 2.05) is 12.1 Å². The fraction of sp³-hybridized carbons (Fsp3) is 0.0588. The van der Waals surface area contributed by atoms with Gasteiger partial charge in [-0.15, -0.1) is 0 Å². The third kappa shape index (κ3) is 2.94. The van der Waals surface area contributed by atoms with Gasteiger partial charge in [0, 0.05) is 11.8 Å². The first-order chi connectivity index (χ1) is 11.7. The molecule has 3 aromatic rings. The average Bonchev–Trinajstić information content (AvgIpc) is 3.13. The first kappa shape index (κ1) is 15.6. The van der Waals surface area contributed by atoms with E-state index < -0.39 is 0 Å². The molecular weight excluding hydrogens is 322 g/mol. The maximum absolute atomic E-state index is 9.62. The van der Waals surface area contributed by atoms with E-state index in [-0.39, 0.29) is 16.9 Å². The Kier molecular flexibility index (Phi) is 4.46. The van der Waals surface area contributed by atoms with Gasteiger partial charge in [0.15, 0.2) is 0 Å². The molecule has 0 amide bonds. The van der Waals surface area contributed by atoms with E-state index in [0.717, 1.165) is 5.76 Å². The molecule has 7 heteroatoms. The molecule has 0 aliphatic rings. The minimum absolute atomic E-state index is 0.0825. The summed E-state index contributed by atoms with van der Waals surface area (Å²) in [7, 11) is 0. The van der Waals surface area contributed by atoms with Crippen LogP contribution in [0.5, 0.6) is 0 Å². The molecule has 0 bridgehead atoms. The minimum atomic E-state index is 0.0825. The largest absolute Gasteiger partial charge is 0.468 e. The predicted octanol–water partition coefficient (Wildman–Crippen LogP) is 3.35. The first-order valence-corrected chi connectivity index (χ1v) is 7.93. The number of furan rings is 1. The van der Waals surface area contributed by atoms with Crippen molar-refractivity contribution in [2.24, 2.45) is 0 Å². The number of thioether (sulfide) groups is 1. The van der Waals surface area contributed by atoms with Gasteiger partial charge in [-0.05, 0) is 24.3 Å². The van der Waals surface area contributed by atoms with Gasteiger partial charge in [-0.1, -0.05) is 17.8 Å². The maximum Gasteiger partial charge on any atom is 0.143 e. The van der Waals surface area contributed by atoms with Gasteiger partial charge in [-0.3, -0.25) is 4.98 Å². The lowest BCUT2D eigenvalue weighted by Crippen LogP contribution is -2.04. The Balaban J connectivity index is 2.12. The monoisotopic (exact) mass is 333 g/mol. The molecular formula is C17H11N5OS. The number of nitrogens with two attached hydrogens (primary N) is 1. The van der Waals surface area contributed by atoms with Gasteiger partial charge in [-0.25, -0.2) is 4.98 Å². The Morgan fingerprint density at radius 2 is 1.96 bits per heavy atom. The number of nitriles is 2. The molecule has 0 atom stereocenters. The van der Waals surface area contributed by atoms with Crippen LogP contribution in [0.3, 0.4) is 0 Å². The number of hydrogen-bond donors (Lipinski definition) is 1. The van der Waals surface area contributed by atoms with Crippen molar-refractivity contribution in [2.45, 2.75) is 10.8 Å². The van der Waals surface area contributed by atoms with Crippen molar-refractivity contribution in [1.29, 1.82) is 10.5 Å². The Bertz CT molecular complexity index is 940. The zero-order chi connectivity index (χ0) is 16.9. The van der Waals surface area contributed by atoms with Crippen LogP contribution in [0.25, 0.3) is 11.3 Å². The van der Waals surface area contributed by atoms with E-state index in [1.165, 1.54) is 11.8 Å². The number of nitrogens with zero attached hydrogens (tertiary/aromatic N) is 4. The molecule has 3 aromatic heterocycles. The molecule has 3 rings (SSSR count). The summed E-state index contributed by atoms with van der Waals surface area (Å²) in [5, 5.41) is 19.5.